The molecule has 0 bridgehead atoms. The van der Waals surface area contributed by atoms with E-state index in [0.717, 1.165) is 11.3 Å². The number of para-hydroxylation sites is 2. The van der Waals surface area contributed by atoms with E-state index in [9.17, 15) is 0 Å². The number of benzene rings is 9. The van der Waals surface area contributed by atoms with Crippen LogP contribution in [0.25, 0.3) is 98.9 Å². The van der Waals surface area contributed by atoms with Crippen molar-refractivity contribution in [2.45, 2.75) is 6.92 Å². The summed E-state index contributed by atoms with van der Waals surface area (Å²) in [6, 6.07) is 62.2. The molecule has 0 aliphatic carbocycles. The van der Waals surface area contributed by atoms with Gasteiger partial charge in [0.05, 0.1) is 16.7 Å². The van der Waals surface area contributed by atoms with E-state index in [0.29, 0.717) is 0 Å². The van der Waals surface area contributed by atoms with Crippen molar-refractivity contribution < 1.29 is 0 Å². The topological polar surface area (TPSA) is 17.3 Å². The molecule has 0 atom stereocenters. The lowest BCUT2D eigenvalue weighted by Crippen LogP contribution is -1.92. The highest BCUT2D eigenvalue weighted by Gasteiger charge is 2.16. The molecule has 0 radical (unpaired) electrons. The van der Waals surface area contributed by atoms with Crippen LogP contribution in [0.3, 0.4) is 0 Å². The maximum atomic E-state index is 4.25. The number of allylic oxidation sites excluding steroid dienone is 3. The van der Waals surface area contributed by atoms with Crippen molar-refractivity contribution in [3.05, 3.63) is 194 Å². The quantitative estimate of drug-likeness (QED) is 0.0901. The van der Waals surface area contributed by atoms with E-state index in [4.69, 9.17) is 0 Å². The van der Waals surface area contributed by atoms with Gasteiger partial charge in [-0.2, -0.15) is 0 Å². The molecule has 0 fully saturated rings. The molecule has 0 N–H and O–H groups in total. The predicted octanol–water partition coefficient (Wildman–Crippen LogP) is 14.3. The molecular formula is C52H36N2. The third-order valence-corrected chi connectivity index (χ3v) is 11.0. The van der Waals surface area contributed by atoms with E-state index in [1.165, 1.54) is 93.2 Å². The highest BCUT2D eigenvalue weighted by Crippen LogP contribution is 2.43. The van der Waals surface area contributed by atoms with Crippen LogP contribution < -0.4 is 0 Å². The molecule has 0 saturated heterocycles. The Morgan fingerprint density at radius 2 is 1.06 bits per heavy atom. The molecule has 2 heteroatoms. The molecule has 0 aliphatic rings. The van der Waals surface area contributed by atoms with E-state index >= 15 is 0 Å². The van der Waals surface area contributed by atoms with Crippen LogP contribution in [-0.4, -0.2) is 11.3 Å². The number of hydrogen-bond acceptors (Lipinski definition) is 1. The van der Waals surface area contributed by atoms with Gasteiger partial charge in [0.2, 0.25) is 0 Å². The van der Waals surface area contributed by atoms with Gasteiger partial charge in [-0.15, -0.1) is 0 Å². The minimum atomic E-state index is 0.865. The van der Waals surface area contributed by atoms with Gasteiger partial charge in [0.1, 0.15) is 0 Å². The number of aliphatic imine (C=N–C) groups is 1. The maximum Gasteiger partial charge on any atom is 0.0694 e. The summed E-state index contributed by atoms with van der Waals surface area (Å²) in [5, 5.41) is 10.2. The van der Waals surface area contributed by atoms with Gasteiger partial charge in [0.25, 0.3) is 0 Å². The summed E-state index contributed by atoms with van der Waals surface area (Å²) < 4.78 is 2.37. The zero-order valence-electron chi connectivity index (χ0n) is 30.0. The van der Waals surface area contributed by atoms with Gasteiger partial charge in [-0.1, -0.05) is 152 Å². The first-order valence-electron chi connectivity index (χ1n) is 18.5. The fourth-order valence-electron chi connectivity index (χ4n) is 8.40. The van der Waals surface area contributed by atoms with E-state index in [-0.39, 0.29) is 0 Å². The van der Waals surface area contributed by atoms with E-state index in [1.54, 1.807) is 0 Å². The van der Waals surface area contributed by atoms with Crippen LogP contribution in [0.15, 0.2) is 193 Å². The lowest BCUT2D eigenvalue weighted by atomic mass is 9.87. The Balaban J connectivity index is 1.04. The Labute approximate surface area is 314 Å². The molecule has 10 rings (SSSR count). The Hall–Kier alpha value is -7.03. The fraction of sp³-hybridized carbons (Fsp3) is 0.0192. The number of rotatable bonds is 7. The number of aromatic nitrogens is 1. The van der Waals surface area contributed by atoms with Gasteiger partial charge >= 0.3 is 0 Å². The highest BCUT2D eigenvalue weighted by atomic mass is 15.0. The Kier molecular flexibility index (Phi) is 7.56. The summed E-state index contributed by atoms with van der Waals surface area (Å²) >= 11 is 0. The largest absolute Gasteiger partial charge is 0.309 e. The lowest BCUT2D eigenvalue weighted by Gasteiger charge is -2.17. The van der Waals surface area contributed by atoms with E-state index < -0.39 is 0 Å². The molecule has 10 aromatic rings. The molecule has 0 spiro atoms. The summed E-state index contributed by atoms with van der Waals surface area (Å²) in [5.41, 5.74) is 12.8. The van der Waals surface area contributed by atoms with Crippen molar-refractivity contribution >= 4 is 66.5 Å². The van der Waals surface area contributed by atoms with E-state index in [1.807, 2.05) is 25.2 Å². The minimum Gasteiger partial charge on any atom is -0.309 e. The van der Waals surface area contributed by atoms with Gasteiger partial charge in [0, 0.05) is 22.0 Å². The fourth-order valence-corrected chi connectivity index (χ4v) is 8.40. The van der Waals surface area contributed by atoms with Crippen molar-refractivity contribution in [2.24, 2.45) is 4.99 Å². The van der Waals surface area contributed by atoms with Gasteiger partial charge in [0.15, 0.2) is 0 Å². The average Bonchev–Trinajstić information content (AvgIpc) is 3.57. The molecule has 0 saturated carbocycles. The monoisotopic (exact) mass is 688 g/mol. The van der Waals surface area contributed by atoms with Crippen LogP contribution in [0.4, 0.5) is 0 Å². The molecule has 2 nitrogen and oxygen atoms in total. The van der Waals surface area contributed by atoms with Crippen LogP contribution in [0.1, 0.15) is 12.5 Å². The summed E-state index contributed by atoms with van der Waals surface area (Å²) in [7, 11) is 0. The van der Waals surface area contributed by atoms with Crippen LogP contribution in [0, 0.1) is 0 Å². The lowest BCUT2D eigenvalue weighted by molar-refractivity contribution is 1.18. The van der Waals surface area contributed by atoms with Crippen LogP contribution >= 0.6 is 0 Å². The predicted molar refractivity (Wildman–Crippen MR) is 233 cm³/mol. The molecule has 0 unspecified atom stereocenters. The molecule has 0 aliphatic heterocycles. The SMILES string of the molecule is C=N/C(=C\C=C/C)c1ccc(-c2ccc3ccc4c(-c5ccc(-c6ccc7c(c6)c6ccccc6n7-c6ccccc6)cc5)ccc5ccc2c3c54)cc1. The Morgan fingerprint density at radius 3 is 1.70 bits per heavy atom. The van der Waals surface area contributed by atoms with Crippen LogP contribution in [-0.2, 0) is 0 Å². The van der Waals surface area contributed by atoms with Gasteiger partial charge in [-0.05, 0) is 116 Å². The van der Waals surface area contributed by atoms with Gasteiger partial charge < -0.3 is 4.57 Å². The molecule has 1 aromatic heterocycles. The number of nitrogens with zero attached hydrogens (tertiary/aromatic N) is 2. The van der Waals surface area contributed by atoms with E-state index in [2.05, 4.69) is 186 Å². The molecule has 254 valence electrons. The molecule has 9 aromatic carbocycles. The minimum absolute atomic E-state index is 0.865. The molecule has 1 heterocycles. The van der Waals surface area contributed by atoms with Crippen molar-refractivity contribution in [1.29, 1.82) is 0 Å². The second kappa shape index (κ2) is 12.9. The first-order chi connectivity index (χ1) is 26.7. The average molecular weight is 689 g/mol. The third kappa shape index (κ3) is 5.07. The Bertz CT molecular complexity index is 3090. The maximum absolute atomic E-state index is 4.25. The first-order valence-corrected chi connectivity index (χ1v) is 18.5. The zero-order valence-corrected chi connectivity index (χ0v) is 30.0. The molecule has 54 heavy (non-hydrogen) atoms. The zero-order chi connectivity index (χ0) is 36.2. The van der Waals surface area contributed by atoms with Gasteiger partial charge in [-0.25, -0.2) is 0 Å². The number of hydrogen-bond donors (Lipinski definition) is 0. The molecule has 0 amide bonds. The highest BCUT2D eigenvalue weighted by molar-refractivity contribution is 6.27. The van der Waals surface area contributed by atoms with Crippen molar-refractivity contribution in [2.75, 3.05) is 0 Å². The smallest absolute Gasteiger partial charge is 0.0694 e. The summed E-state index contributed by atoms with van der Waals surface area (Å²) in [5.74, 6) is 0. The van der Waals surface area contributed by atoms with Crippen molar-refractivity contribution in [1.82, 2.24) is 4.57 Å². The summed E-state index contributed by atoms with van der Waals surface area (Å²) in [6.07, 6.45) is 5.99. The summed E-state index contributed by atoms with van der Waals surface area (Å²) in [6.45, 7) is 5.78. The van der Waals surface area contributed by atoms with Gasteiger partial charge in [-0.3, -0.25) is 4.99 Å². The second-order valence-electron chi connectivity index (χ2n) is 14.0. The third-order valence-electron chi connectivity index (χ3n) is 11.0. The van der Waals surface area contributed by atoms with Crippen molar-refractivity contribution in [3.8, 4) is 39.1 Å². The summed E-state index contributed by atoms with van der Waals surface area (Å²) in [4.78, 5) is 4.25. The number of fused-ring (bicyclic) bond motifs is 3. The van der Waals surface area contributed by atoms with Crippen LogP contribution in [0.2, 0.25) is 0 Å². The van der Waals surface area contributed by atoms with Crippen molar-refractivity contribution in [3.63, 3.8) is 0 Å². The second-order valence-corrected chi connectivity index (χ2v) is 14.0. The van der Waals surface area contributed by atoms with Crippen LogP contribution in [0.5, 0.6) is 0 Å². The molecular weight excluding hydrogens is 653 g/mol. The standard InChI is InChI=1S/C52H36N2/c1-3-4-13-48(53-2)37-21-19-36(20-22-37)43-29-24-39-25-30-45-42(28-23-38-26-31-46(43)52(39)51(38)45)35-17-15-34(16-18-35)40-27-32-50-47(33-40)44-12-8-9-14-49(44)54(50)41-10-6-5-7-11-41/h3-33H,2H2,1H3/b4-3-,48-13-. The Morgan fingerprint density at radius 1 is 0.500 bits per heavy atom. The normalized spacial score (nSPS) is 12.3. The first kappa shape index (κ1) is 31.7.